The zero-order valence-corrected chi connectivity index (χ0v) is 17.5. The fourth-order valence-corrected chi connectivity index (χ4v) is 4.34. The van der Waals surface area contributed by atoms with Gasteiger partial charge in [0.05, 0.1) is 16.3 Å². The molecule has 1 saturated heterocycles. The standard InChI is InChI=1S/C21H14N6O2S2/c28-19-17(30-20(23-19)22-14-7-3-1-4-8-14)13-16-11-12-18(29-16)31-21-24-25-26-27(21)15-9-5-2-6-10-15/h1-13H,(H,22,23,28)/b17-13-. The number of para-hydroxylation sites is 2. The van der Waals surface area contributed by atoms with Gasteiger partial charge >= 0.3 is 0 Å². The molecule has 2 aromatic heterocycles. The Morgan fingerprint density at radius 2 is 1.81 bits per heavy atom. The molecule has 5 rings (SSSR count). The maximum absolute atomic E-state index is 12.3. The molecule has 1 aliphatic heterocycles. The molecule has 1 fully saturated rings. The Morgan fingerprint density at radius 3 is 2.61 bits per heavy atom. The van der Waals surface area contributed by atoms with Crippen LogP contribution in [0, 0.1) is 0 Å². The molecule has 8 nitrogen and oxygen atoms in total. The van der Waals surface area contributed by atoms with Crippen molar-refractivity contribution in [1.29, 1.82) is 0 Å². The van der Waals surface area contributed by atoms with Crippen molar-refractivity contribution in [2.75, 3.05) is 0 Å². The van der Waals surface area contributed by atoms with Crippen LogP contribution in [0.2, 0.25) is 0 Å². The molecule has 4 aromatic rings. The number of amidine groups is 1. The number of thioether (sulfide) groups is 1. The number of furan rings is 1. The molecule has 152 valence electrons. The highest BCUT2D eigenvalue weighted by Gasteiger charge is 2.24. The van der Waals surface area contributed by atoms with Crippen LogP contribution in [0.25, 0.3) is 11.8 Å². The van der Waals surface area contributed by atoms with E-state index in [0.29, 0.717) is 26.1 Å². The molecule has 0 radical (unpaired) electrons. The SMILES string of the molecule is O=C1NC(=Nc2ccccc2)S/C1=C\c1ccc(Sc2nnnn2-c2ccccc2)o1. The fraction of sp³-hybridized carbons (Fsp3) is 0. The number of nitrogens with one attached hydrogen (secondary N) is 1. The summed E-state index contributed by atoms with van der Waals surface area (Å²) in [6.07, 6.45) is 1.69. The normalized spacial score (nSPS) is 16.2. The summed E-state index contributed by atoms with van der Waals surface area (Å²) in [6, 6.07) is 22.7. The Labute approximate surface area is 185 Å². The van der Waals surface area contributed by atoms with E-state index in [1.54, 1.807) is 16.8 Å². The van der Waals surface area contributed by atoms with E-state index < -0.39 is 0 Å². The highest BCUT2D eigenvalue weighted by molar-refractivity contribution is 8.18. The summed E-state index contributed by atoms with van der Waals surface area (Å²) >= 11 is 2.57. The molecule has 2 aromatic carbocycles. The quantitative estimate of drug-likeness (QED) is 0.457. The lowest BCUT2D eigenvalue weighted by atomic mass is 10.3. The van der Waals surface area contributed by atoms with Crippen LogP contribution >= 0.6 is 23.5 Å². The van der Waals surface area contributed by atoms with Crippen molar-refractivity contribution in [2.45, 2.75) is 10.2 Å². The Bertz CT molecular complexity index is 1280. The molecule has 0 bridgehead atoms. The average molecular weight is 447 g/mol. The number of carbonyl (C=O) groups is 1. The predicted octanol–water partition coefficient (Wildman–Crippen LogP) is 4.30. The second kappa shape index (κ2) is 8.62. The highest BCUT2D eigenvalue weighted by Crippen LogP contribution is 2.32. The number of rotatable bonds is 5. The minimum absolute atomic E-state index is 0.210. The number of tetrazole rings is 1. The minimum atomic E-state index is -0.210. The fourth-order valence-electron chi connectivity index (χ4n) is 2.76. The average Bonchev–Trinajstić information content (AvgIpc) is 3.51. The van der Waals surface area contributed by atoms with Gasteiger partial charge in [-0.05, 0) is 70.3 Å². The van der Waals surface area contributed by atoms with Crippen molar-refractivity contribution in [1.82, 2.24) is 25.5 Å². The number of nitrogens with zero attached hydrogens (tertiary/aromatic N) is 5. The largest absolute Gasteiger partial charge is 0.450 e. The summed E-state index contributed by atoms with van der Waals surface area (Å²) in [5.41, 5.74) is 1.63. The van der Waals surface area contributed by atoms with Gasteiger partial charge in [0, 0.05) is 6.08 Å². The van der Waals surface area contributed by atoms with Gasteiger partial charge in [0.25, 0.3) is 5.91 Å². The Morgan fingerprint density at radius 1 is 1.03 bits per heavy atom. The van der Waals surface area contributed by atoms with Crippen LogP contribution in [0.5, 0.6) is 0 Å². The van der Waals surface area contributed by atoms with E-state index in [4.69, 9.17) is 4.42 Å². The zero-order chi connectivity index (χ0) is 21.0. The van der Waals surface area contributed by atoms with E-state index >= 15 is 0 Å². The van der Waals surface area contributed by atoms with Gasteiger partial charge in [-0.15, -0.1) is 5.10 Å². The maximum atomic E-state index is 12.3. The molecule has 10 heteroatoms. The van der Waals surface area contributed by atoms with Crippen LogP contribution in [0.4, 0.5) is 5.69 Å². The van der Waals surface area contributed by atoms with Gasteiger partial charge in [-0.3, -0.25) is 4.79 Å². The van der Waals surface area contributed by atoms with E-state index in [2.05, 4.69) is 25.8 Å². The van der Waals surface area contributed by atoms with Gasteiger partial charge in [0.2, 0.25) is 5.16 Å². The molecule has 3 heterocycles. The van der Waals surface area contributed by atoms with E-state index in [1.807, 2.05) is 66.7 Å². The summed E-state index contributed by atoms with van der Waals surface area (Å²) in [5, 5.41) is 16.4. The lowest BCUT2D eigenvalue weighted by Gasteiger charge is -2.01. The van der Waals surface area contributed by atoms with Crippen LogP contribution in [-0.2, 0) is 4.79 Å². The number of benzene rings is 2. The monoisotopic (exact) mass is 446 g/mol. The third-order valence-electron chi connectivity index (χ3n) is 4.15. The summed E-state index contributed by atoms with van der Waals surface area (Å²) < 4.78 is 7.49. The van der Waals surface area contributed by atoms with Gasteiger partial charge in [-0.25, -0.2) is 4.99 Å². The summed E-state index contributed by atoms with van der Waals surface area (Å²) in [6.45, 7) is 0. The molecular weight excluding hydrogens is 432 g/mol. The first-order valence-corrected chi connectivity index (χ1v) is 10.8. The van der Waals surface area contributed by atoms with Crippen LogP contribution in [-0.4, -0.2) is 31.3 Å². The molecule has 0 spiro atoms. The Hall–Kier alpha value is -3.63. The van der Waals surface area contributed by atoms with E-state index in [9.17, 15) is 4.79 Å². The smallest absolute Gasteiger partial charge is 0.264 e. The minimum Gasteiger partial charge on any atom is -0.450 e. The second-order valence-electron chi connectivity index (χ2n) is 6.28. The van der Waals surface area contributed by atoms with Gasteiger partial charge in [-0.2, -0.15) is 4.68 Å². The molecule has 0 aliphatic carbocycles. The molecule has 0 saturated carbocycles. The lowest BCUT2D eigenvalue weighted by molar-refractivity contribution is -0.115. The van der Waals surface area contributed by atoms with Crippen molar-refractivity contribution < 1.29 is 9.21 Å². The van der Waals surface area contributed by atoms with Gasteiger partial charge < -0.3 is 9.73 Å². The van der Waals surface area contributed by atoms with Gasteiger partial charge in [0.1, 0.15) is 5.76 Å². The maximum Gasteiger partial charge on any atom is 0.264 e. The number of carbonyl (C=O) groups excluding carboxylic acids is 1. The molecule has 0 unspecified atom stereocenters. The van der Waals surface area contributed by atoms with E-state index in [1.165, 1.54) is 23.5 Å². The Kier molecular flexibility index (Phi) is 5.38. The van der Waals surface area contributed by atoms with Crippen molar-refractivity contribution in [2.24, 2.45) is 4.99 Å². The van der Waals surface area contributed by atoms with Crippen molar-refractivity contribution in [3.63, 3.8) is 0 Å². The third kappa shape index (κ3) is 4.44. The second-order valence-corrected chi connectivity index (χ2v) is 8.29. The summed E-state index contributed by atoms with van der Waals surface area (Å²) in [7, 11) is 0. The third-order valence-corrected chi connectivity index (χ3v) is 5.91. The molecule has 1 amide bonds. The first kappa shape index (κ1) is 19.3. The topological polar surface area (TPSA) is 98.2 Å². The van der Waals surface area contributed by atoms with Crippen LogP contribution < -0.4 is 5.32 Å². The molecular formula is C21H14N6O2S2. The number of hydrogen-bond acceptors (Lipinski definition) is 8. The van der Waals surface area contributed by atoms with E-state index in [-0.39, 0.29) is 5.91 Å². The molecule has 1 N–H and O–H groups in total. The number of aliphatic imine (C=N–C) groups is 1. The summed E-state index contributed by atoms with van der Waals surface area (Å²) in [5.74, 6) is 0.346. The molecule has 0 atom stereocenters. The van der Waals surface area contributed by atoms with Crippen LogP contribution in [0.3, 0.4) is 0 Å². The summed E-state index contributed by atoms with van der Waals surface area (Å²) in [4.78, 5) is 17.2. The number of aromatic nitrogens is 4. The van der Waals surface area contributed by atoms with E-state index in [0.717, 1.165) is 11.4 Å². The number of hydrogen-bond donors (Lipinski definition) is 1. The molecule has 31 heavy (non-hydrogen) atoms. The first-order valence-electron chi connectivity index (χ1n) is 9.21. The van der Waals surface area contributed by atoms with Gasteiger partial charge in [-0.1, -0.05) is 36.4 Å². The first-order chi connectivity index (χ1) is 15.2. The highest BCUT2D eigenvalue weighted by atomic mass is 32.2. The molecule has 1 aliphatic rings. The van der Waals surface area contributed by atoms with Crippen molar-refractivity contribution in [3.8, 4) is 5.69 Å². The zero-order valence-electron chi connectivity index (χ0n) is 15.9. The van der Waals surface area contributed by atoms with Gasteiger partial charge in [0.15, 0.2) is 10.3 Å². The predicted molar refractivity (Wildman–Crippen MR) is 119 cm³/mol. The van der Waals surface area contributed by atoms with Crippen molar-refractivity contribution in [3.05, 3.63) is 83.5 Å². The van der Waals surface area contributed by atoms with Crippen molar-refractivity contribution >= 4 is 46.4 Å². The lowest BCUT2D eigenvalue weighted by Crippen LogP contribution is -2.19. The number of amides is 1. The Balaban J connectivity index is 1.32. The van der Waals surface area contributed by atoms with Crippen LogP contribution in [0.15, 0.2) is 97.4 Å². The van der Waals surface area contributed by atoms with Crippen LogP contribution in [0.1, 0.15) is 5.76 Å².